The average Bonchev–Trinajstić information content (AvgIpc) is 3.40. The first-order valence-electron chi connectivity index (χ1n) is 11.3. The summed E-state index contributed by atoms with van der Waals surface area (Å²) in [5.74, 6) is -0.0611. The maximum Gasteiger partial charge on any atom is 0.294 e. The number of hydrogen-bond acceptors (Lipinski definition) is 12. The molecule has 208 valence electrons. The number of imidazole rings is 1. The Morgan fingerprint density at radius 3 is 2.47 bits per heavy atom. The van der Waals surface area contributed by atoms with Crippen LogP contribution in [-0.4, -0.2) is 90.8 Å². The van der Waals surface area contributed by atoms with Crippen molar-refractivity contribution in [3.05, 3.63) is 42.5 Å². The molecule has 0 amide bonds. The zero-order chi connectivity index (χ0) is 28.2. The molecule has 1 aromatic carbocycles. The van der Waals surface area contributed by atoms with Crippen molar-refractivity contribution >= 4 is 44.0 Å². The van der Waals surface area contributed by atoms with Crippen LogP contribution >= 0.6 is 0 Å². The van der Waals surface area contributed by atoms with Crippen molar-refractivity contribution in [3.63, 3.8) is 0 Å². The van der Waals surface area contributed by atoms with Gasteiger partial charge < -0.3 is 36.3 Å². The van der Waals surface area contributed by atoms with Gasteiger partial charge in [0.15, 0.2) is 17.7 Å². The minimum absolute atomic E-state index is 0.0666. The van der Waals surface area contributed by atoms with Gasteiger partial charge >= 0.3 is 0 Å². The van der Waals surface area contributed by atoms with Crippen molar-refractivity contribution < 1.29 is 37.8 Å². The minimum atomic E-state index is -4.02. The third-order valence-electron chi connectivity index (χ3n) is 5.85. The maximum absolute atomic E-state index is 10.7. The van der Waals surface area contributed by atoms with E-state index in [4.69, 9.17) is 20.8 Å². The highest BCUT2D eigenvalue weighted by Gasteiger charge is 2.46. The minimum Gasteiger partial charge on any atom is -0.548 e. The Bertz CT molecular complexity index is 1350. The number of ether oxygens (including phenoxy) is 1. The van der Waals surface area contributed by atoms with E-state index >= 15 is 0 Å². The number of nitrogen functional groups attached to an aromatic ring is 1. The second kappa shape index (κ2) is 12.3. The highest BCUT2D eigenvalue weighted by molar-refractivity contribution is 7.96. The Balaban J connectivity index is 0.000000304. The van der Waals surface area contributed by atoms with Crippen molar-refractivity contribution in [2.45, 2.75) is 48.8 Å². The number of rotatable bonds is 8. The van der Waals surface area contributed by atoms with E-state index in [0.29, 0.717) is 22.7 Å². The number of aromatic nitrogens is 4. The molecule has 38 heavy (non-hydrogen) atoms. The number of fused-ring (bicyclic) bond motifs is 1. The van der Waals surface area contributed by atoms with Gasteiger partial charge in [0.25, 0.3) is 10.1 Å². The van der Waals surface area contributed by atoms with Gasteiger partial charge in [-0.15, -0.1) is 0 Å². The zero-order valence-corrected chi connectivity index (χ0v) is 22.2. The van der Waals surface area contributed by atoms with E-state index in [0.717, 1.165) is 5.56 Å². The number of aliphatic hydroxyl groups excluding tert-OH is 2. The second-order valence-electron chi connectivity index (χ2n) is 8.78. The van der Waals surface area contributed by atoms with Gasteiger partial charge in [-0.3, -0.25) is 9.12 Å². The quantitative estimate of drug-likeness (QED) is 0.145. The Morgan fingerprint density at radius 1 is 1.21 bits per heavy atom. The Morgan fingerprint density at radius 2 is 1.87 bits per heavy atom. The summed E-state index contributed by atoms with van der Waals surface area (Å²) in [6.45, 7) is 1.84. The summed E-state index contributed by atoms with van der Waals surface area (Å²) in [5, 5.41) is 31.5. The first-order chi connectivity index (χ1) is 17.8. The van der Waals surface area contributed by atoms with Crippen LogP contribution in [0.5, 0.6) is 0 Å². The van der Waals surface area contributed by atoms with Gasteiger partial charge in [-0.25, -0.2) is 15.0 Å². The maximum atomic E-state index is 10.7. The molecule has 1 fully saturated rings. The summed E-state index contributed by atoms with van der Waals surface area (Å²) in [6, 6.07) is 4.97. The molecule has 14 nitrogen and oxygen atoms in total. The molecule has 16 heteroatoms. The lowest BCUT2D eigenvalue weighted by molar-refractivity contribution is -0.307. The summed E-state index contributed by atoms with van der Waals surface area (Å²) in [6.07, 6.45) is 1.17. The van der Waals surface area contributed by atoms with Crippen LogP contribution in [-0.2, 0) is 30.5 Å². The number of anilines is 1. The van der Waals surface area contributed by atoms with Gasteiger partial charge in [-0.1, -0.05) is 17.7 Å². The van der Waals surface area contributed by atoms with E-state index in [1.807, 2.05) is 13.2 Å². The molecule has 1 saturated heterocycles. The monoisotopic (exact) mass is 570 g/mol. The number of carboxylic acid groups (broad SMARTS) is 1. The molecule has 2 aromatic heterocycles. The van der Waals surface area contributed by atoms with Gasteiger partial charge in [-0.2, -0.15) is 8.42 Å². The highest BCUT2D eigenvalue weighted by Crippen LogP contribution is 2.32. The lowest BCUT2D eigenvalue weighted by Crippen LogP contribution is -2.43. The fourth-order valence-corrected chi connectivity index (χ4v) is 5.81. The number of aliphatic hydroxyl groups is 2. The molecule has 1 aliphatic heterocycles. The van der Waals surface area contributed by atoms with Crippen LogP contribution in [0.25, 0.3) is 11.2 Å². The normalized spacial score (nSPS) is 23.0. The number of aliphatic carboxylic acids is 1. The Kier molecular flexibility index (Phi) is 9.64. The highest BCUT2D eigenvalue weighted by atomic mass is 32.2. The fourth-order valence-electron chi connectivity index (χ4n) is 3.67. The van der Waals surface area contributed by atoms with Gasteiger partial charge in [0.05, 0.1) is 23.4 Å². The number of aryl methyl sites for hydroxylation is 1. The van der Waals surface area contributed by atoms with Crippen LogP contribution in [0.1, 0.15) is 18.2 Å². The molecule has 0 saturated carbocycles. The Hall–Kier alpha value is -2.86. The van der Waals surface area contributed by atoms with E-state index < -0.39 is 46.7 Å². The van der Waals surface area contributed by atoms with Crippen LogP contribution < -0.4 is 16.6 Å². The van der Waals surface area contributed by atoms with E-state index in [-0.39, 0.29) is 28.0 Å². The van der Waals surface area contributed by atoms with Crippen molar-refractivity contribution in [2.75, 3.05) is 23.5 Å². The van der Waals surface area contributed by atoms with Crippen molar-refractivity contribution in [1.82, 2.24) is 19.5 Å². The predicted molar refractivity (Wildman–Crippen MR) is 137 cm³/mol. The summed E-state index contributed by atoms with van der Waals surface area (Å²) < 4.78 is 36.9. The van der Waals surface area contributed by atoms with E-state index in [1.165, 1.54) is 29.4 Å². The number of carbonyl (C=O) groups excluding carboxylic acids is 1. The van der Waals surface area contributed by atoms with E-state index in [1.54, 1.807) is 12.1 Å². The SMILES string of the molecule is C[S+](CCC(N)C(=O)[O-])C[C@H]1O[C@@H](n2cnc3c(N)ncnc32)[C@H](O)[C@@H]1O.Cc1ccc(S(=O)(=O)O)cc1. The molecule has 0 spiro atoms. The topological polar surface area (TPSA) is 240 Å². The van der Waals surface area contributed by atoms with Crippen LogP contribution in [0.15, 0.2) is 41.8 Å². The summed E-state index contributed by atoms with van der Waals surface area (Å²) in [5.41, 5.74) is 13.0. The molecular weight excluding hydrogens is 540 g/mol. The summed E-state index contributed by atoms with van der Waals surface area (Å²) in [4.78, 5) is 22.8. The summed E-state index contributed by atoms with van der Waals surface area (Å²) in [7, 11) is -4.28. The van der Waals surface area contributed by atoms with Crippen molar-refractivity contribution in [3.8, 4) is 0 Å². The standard InChI is InChI=1S/C15H22N6O5S.C7H8O3S/c1-27(3-2-7(16)15(24)25)4-8-10(22)11(23)14(26-8)21-6-20-9-12(17)18-5-19-13(9)21;1-6-2-4-7(5-3-6)11(8,9)10/h5-8,10-11,14,22-23H,2-4,16H2,1H3,(H2-,17,18,19,24,25);2-5H,1H3,(H,8,9,10)/t7?,8-,10-,11-,14-,27?;/m1./s1. The fraction of sp³-hybridized carbons (Fsp3) is 0.455. The molecule has 0 aliphatic carbocycles. The van der Waals surface area contributed by atoms with Gasteiger partial charge in [0, 0.05) is 12.5 Å². The van der Waals surface area contributed by atoms with Gasteiger partial charge in [0.1, 0.15) is 41.7 Å². The van der Waals surface area contributed by atoms with Crippen molar-refractivity contribution in [2.24, 2.45) is 5.73 Å². The number of nitrogens with zero attached hydrogens (tertiary/aromatic N) is 4. The number of nitrogens with two attached hydrogens (primary N) is 2. The first-order valence-corrected chi connectivity index (χ1v) is 14.7. The first kappa shape index (κ1) is 29.7. The Labute approximate surface area is 221 Å². The van der Waals surface area contributed by atoms with Crippen LogP contribution in [0.2, 0.25) is 0 Å². The summed E-state index contributed by atoms with van der Waals surface area (Å²) >= 11 is 0. The van der Waals surface area contributed by atoms with Crippen LogP contribution in [0.3, 0.4) is 0 Å². The number of carbonyl (C=O) groups is 1. The molecule has 3 aromatic rings. The smallest absolute Gasteiger partial charge is 0.294 e. The molecular formula is C22H30N6O8S2. The van der Waals surface area contributed by atoms with E-state index in [9.17, 15) is 28.5 Å². The third-order valence-corrected chi connectivity index (χ3v) is 8.54. The molecule has 0 radical (unpaired) electrons. The van der Waals surface area contributed by atoms with Gasteiger partial charge in [0.2, 0.25) is 0 Å². The molecule has 7 N–H and O–H groups in total. The van der Waals surface area contributed by atoms with Gasteiger partial charge in [-0.05, 0) is 30.0 Å². The number of hydrogen-bond donors (Lipinski definition) is 5. The van der Waals surface area contributed by atoms with E-state index in [2.05, 4.69) is 15.0 Å². The second-order valence-corrected chi connectivity index (χ2v) is 12.5. The zero-order valence-electron chi connectivity index (χ0n) is 20.6. The number of benzene rings is 1. The van der Waals surface area contributed by atoms with Crippen LogP contribution in [0.4, 0.5) is 5.82 Å². The molecule has 6 atom stereocenters. The molecule has 2 unspecified atom stereocenters. The van der Waals surface area contributed by atoms with Crippen LogP contribution in [0, 0.1) is 6.92 Å². The predicted octanol–water partition coefficient (Wildman–Crippen LogP) is -2.02. The lowest BCUT2D eigenvalue weighted by atomic mass is 10.1. The lowest BCUT2D eigenvalue weighted by Gasteiger charge is -2.16. The molecule has 4 rings (SSSR count). The van der Waals surface area contributed by atoms with Crippen molar-refractivity contribution in [1.29, 1.82) is 0 Å². The molecule has 0 bridgehead atoms. The largest absolute Gasteiger partial charge is 0.548 e. The molecule has 3 heterocycles. The number of carboxylic acids is 1. The third kappa shape index (κ3) is 7.16. The molecule has 1 aliphatic rings. The average molecular weight is 571 g/mol.